The average Bonchev–Trinajstić information content (AvgIpc) is 3.06. The zero-order chi connectivity index (χ0) is 16.1. The summed E-state index contributed by atoms with van der Waals surface area (Å²) in [6.45, 7) is 3.51. The molecule has 0 aromatic heterocycles. The standard InChI is InChI=1S/C19H20OS3/c1-2-18(20)21-12-6-9-15-13-22-19(23-15)17-11-5-8-14-7-3-4-10-16(14)17/h2-5,7-8,10-11,15,19H,1,6,9,12-13H2. The van der Waals surface area contributed by atoms with Crippen LogP contribution >= 0.6 is 35.3 Å². The van der Waals surface area contributed by atoms with Gasteiger partial charge in [0.25, 0.3) is 0 Å². The van der Waals surface area contributed by atoms with Gasteiger partial charge in [-0.05, 0) is 35.3 Å². The highest BCUT2D eigenvalue weighted by Crippen LogP contribution is 2.51. The molecule has 0 amide bonds. The molecule has 1 aliphatic heterocycles. The second kappa shape index (κ2) is 8.32. The SMILES string of the molecule is C=CC(=O)SCCCC1CSC(c2cccc3ccccc23)S1. The van der Waals surface area contributed by atoms with Gasteiger partial charge in [0.1, 0.15) is 0 Å². The molecule has 0 bridgehead atoms. The van der Waals surface area contributed by atoms with Crippen molar-refractivity contribution in [3.63, 3.8) is 0 Å². The molecule has 2 atom stereocenters. The van der Waals surface area contributed by atoms with Gasteiger partial charge >= 0.3 is 0 Å². The summed E-state index contributed by atoms with van der Waals surface area (Å²) in [6, 6.07) is 15.3. The fourth-order valence-corrected chi connectivity index (χ4v) is 6.91. The van der Waals surface area contributed by atoms with Gasteiger partial charge in [-0.25, -0.2) is 0 Å². The Kier molecular flexibility index (Phi) is 6.15. The summed E-state index contributed by atoms with van der Waals surface area (Å²) in [7, 11) is 0. The van der Waals surface area contributed by atoms with E-state index in [0.29, 0.717) is 9.83 Å². The lowest BCUT2D eigenvalue weighted by molar-refractivity contribution is -0.107. The Bertz CT molecular complexity index is 693. The maximum Gasteiger partial charge on any atom is 0.211 e. The number of hydrogen-bond acceptors (Lipinski definition) is 4. The fourth-order valence-electron chi connectivity index (χ4n) is 2.76. The second-order valence-corrected chi connectivity index (χ2v) is 9.45. The van der Waals surface area contributed by atoms with Crippen LogP contribution in [0, 0.1) is 0 Å². The van der Waals surface area contributed by atoms with Crippen molar-refractivity contribution < 1.29 is 4.79 Å². The maximum atomic E-state index is 11.2. The van der Waals surface area contributed by atoms with Gasteiger partial charge < -0.3 is 0 Å². The van der Waals surface area contributed by atoms with Crippen molar-refractivity contribution in [1.29, 1.82) is 0 Å². The molecule has 1 saturated heterocycles. The molecule has 0 N–H and O–H groups in total. The molecule has 2 aromatic rings. The molecule has 1 aliphatic rings. The smallest absolute Gasteiger partial charge is 0.211 e. The summed E-state index contributed by atoms with van der Waals surface area (Å²) in [5.74, 6) is 2.12. The highest BCUT2D eigenvalue weighted by molar-refractivity contribution is 8.19. The molecule has 120 valence electrons. The molecular weight excluding hydrogens is 340 g/mol. The Labute approximate surface area is 150 Å². The van der Waals surface area contributed by atoms with Gasteiger partial charge in [-0.15, -0.1) is 23.5 Å². The summed E-state index contributed by atoms with van der Waals surface area (Å²) < 4.78 is 0.536. The van der Waals surface area contributed by atoms with E-state index < -0.39 is 0 Å². The fraction of sp³-hybridized carbons (Fsp3) is 0.316. The van der Waals surface area contributed by atoms with E-state index in [-0.39, 0.29) is 5.12 Å². The van der Waals surface area contributed by atoms with Gasteiger partial charge in [-0.3, -0.25) is 4.79 Å². The largest absolute Gasteiger partial charge is 0.282 e. The molecule has 3 rings (SSSR count). The van der Waals surface area contributed by atoms with Crippen LogP contribution in [-0.4, -0.2) is 21.9 Å². The summed E-state index contributed by atoms with van der Waals surface area (Å²) >= 11 is 5.54. The van der Waals surface area contributed by atoms with E-state index in [1.807, 2.05) is 0 Å². The van der Waals surface area contributed by atoms with Crippen molar-refractivity contribution in [2.75, 3.05) is 11.5 Å². The van der Waals surface area contributed by atoms with Crippen LogP contribution in [0.4, 0.5) is 0 Å². The molecule has 1 heterocycles. The van der Waals surface area contributed by atoms with Crippen molar-refractivity contribution in [3.8, 4) is 0 Å². The van der Waals surface area contributed by atoms with Gasteiger partial charge in [-0.2, -0.15) is 0 Å². The van der Waals surface area contributed by atoms with Crippen molar-refractivity contribution in [1.82, 2.24) is 0 Å². The highest BCUT2D eigenvalue weighted by atomic mass is 32.2. The quantitative estimate of drug-likeness (QED) is 0.470. The van der Waals surface area contributed by atoms with E-state index in [4.69, 9.17) is 0 Å². The van der Waals surface area contributed by atoms with Gasteiger partial charge in [0.05, 0.1) is 4.58 Å². The molecule has 2 aromatic carbocycles. The topological polar surface area (TPSA) is 17.1 Å². The van der Waals surface area contributed by atoms with Crippen LogP contribution < -0.4 is 0 Å². The summed E-state index contributed by atoms with van der Waals surface area (Å²) in [5, 5.41) is 3.50. The number of thioether (sulfide) groups is 3. The molecule has 0 aliphatic carbocycles. The Morgan fingerprint density at radius 2 is 2.09 bits per heavy atom. The minimum absolute atomic E-state index is 0.0899. The summed E-state index contributed by atoms with van der Waals surface area (Å²) in [5.41, 5.74) is 1.46. The van der Waals surface area contributed by atoms with E-state index in [9.17, 15) is 4.79 Å². The monoisotopic (exact) mass is 360 g/mol. The van der Waals surface area contributed by atoms with Crippen molar-refractivity contribution in [2.24, 2.45) is 0 Å². The first-order valence-electron chi connectivity index (χ1n) is 7.82. The highest BCUT2D eigenvalue weighted by Gasteiger charge is 2.27. The minimum Gasteiger partial charge on any atom is -0.282 e. The van der Waals surface area contributed by atoms with E-state index in [1.165, 1.54) is 46.3 Å². The van der Waals surface area contributed by atoms with Crippen LogP contribution in [0.2, 0.25) is 0 Å². The number of carbonyl (C=O) groups is 1. The van der Waals surface area contributed by atoms with E-state index in [2.05, 4.69) is 72.6 Å². The number of hydrogen-bond donors (Lipinski definition) is 0. The average molecular weight is 361 g/mol. The van der Waals surface area contributed by atoms with Crippen molar-refractivity contribution in [3.05, 3.63) is 60.7 Å². The third-order valence-electron chi connectivity index (χ3n) is 3.91. The molecule has 4 heteroatoms. The number of carbonyl (C=O) groups excluding carboxylic acids is 1. The lowest BCUT2D eigenvalue weighted by Gasteiger charge is -2.13. The lowest BCUT2D eigenvalue weighted by atomic mass is 10.1. The van der Waals surface area contributed by atoms with Gasteiger partial charge in [0.2, 0.25) is 5.12 Å². The second-order valence-electron chi connectivity index (χ2n) is 5.51. The predicted molar refractivity (Wildman–Crippen MR) is 107 cm³/mol. The molecular formula is C19H20OS3. The van der Waals surface area contributed by atoms with Crippen LogP contribution in [0.3, 0.4) is 0 Å². The third-order valence-corrected chi connectivity index (χ3v) is 8.24. The van der Waals surface area contributed by atoms with Gasteiger partial charge in [0, 0.05) is 16.8 Å². The third kappa shape index (κ3) is 4.37. The Morgan fingerprint density at radius 1 is 1.26 bits per heavy atom. The molecule has 0 radical (unpaired) electrons. The summed E-state index contributed by atoms with van der Waals surface area (Å²) in [6.07, 6.45) is 3.70. The van der Waals surface area contributed by atoms with Crippen LogP contribution in [0.1, 0.15) is 23.0 Å². The Morgan fingerprint density at radius 3 is 2.96 bits per heavy atom. The first-order chi connectivity index (χ1) is 11.3. The van der Waals surface area contributed by atoms with Crippen LogP contribution in [-0.2, 0) is 4.79 Å². The molecule has 2 unspecified atom stereocenters. The van der Waals surface area contributed by atoms with E-state index in [0.717, 1.165) is 12.2 Å². The Balaban J connectivity index is 1.57. The minimum atomic E-state index is 0.0899. The first-order valence-corrected chi connectivity index (χ1v) is 10.8. The first kappa shape index (κ1) is 17.0. The number of rotatable bonds is 6. The molecule has 23 heavy (non-hydrogen) atoms. The van der Waals surface area contributed by atoms with Gasteiger partial charge in [-0.1, -0.05) is 60.8 Å². The zero-order valence-electron chi connectivity index (χ0n) is 12.9. The van der Waals surface area contributed by atoms with Crippen LogP contribution in [0.25, 0.3) is 10.8 Å². The number of fused-ring (bicyclic) bond motifs is 1. The lowest BCUT2D eigenvalue weighted by Crippen LogP contribution is -2.01. The molecule has 0 saturated carbocycles. The molecule has 1 fully saturated rings. The maximum absolute atomic E-state index is 11.2. The normalized spacial score (nSPS) is 20.7. The summed E-state index contributed by atoms with van der Waals surface area (Å²) in [4.78, 5) is 11.2. The van der Waals surface area contributed by atoms with Gasteiger partial charge in [0.15, 0.2) is 0 Å². The van der Waals surface area contributed by atoms with Crippen LogP contribution in [0.15, 0.2) is 55.1 Å². The van der Waals surface area contributed by atoms with Crippen LogP contribution in [0.5, 0.6) is 0 Å². The van der Waals surface area contributed by atoms with Crippen molar-refractivity contribution in [2.45, 2.75) is 22.7 Å². The molecule has 1 nitrogen and oxygen atoms in total. The van der Waals surface area contributed by atoms with E-state index in [1.54, 1.807) is 0 Å². The number of benzene rings is 2. The van der Waals surface area contributed by atoms with E-state index >= 15 is 0 Å². The Hall–Kier alpha value is -0.840. The molecule has 0 spiro atoms. The van der Waals surface area contributed by atoms with Crippen molar-refractivity contribution >= 4 is 51.2 Å². The predicted octanol–water partition coefficient (Wildman–Crippen LogP) is 5.91. The zero-order valence-corrected chi connectivity index (χ0v) is 15.4.